The molecule has 0 amide bonds. The van der Waals surface area contributed by atoms with Crippen molar-refractivity contribution in [2.45, 2.75) is 25.8 Å². The van der Waals surface area contributed by atoms with Crippen molar-refractivity contribution in [3.63, 3.8) is 0 Å². The van der Waals surface area contributed by atoms with E-state index in [1.807, 2.05) is 18.2 Å². The van der Waals surface area contributed by atoms with E-state index in [0.29, 0.717) is 0 Å². The van der Waals surface area contributed by atoms with Crippen LogP contribution in [0.15, 0.2) is 54.6 Å². The fourth-order valence-corrected chi connectivity index (χ4v) is 2.28. The fraction of sp³-hybridized carbons (Fsp3) is 0.294. The molecule has 0 saturated carbocycles. The molecule has 100 valence electrons. The van der Waals surface area contributed by atoms with E-state index in [0.717, 1.165) is 17.7 Å². The van der Waals surface area contributed by atoms with Crippen LogP contribution in [-0.2, 0) is 5.54 Å². The largest absolute Gasteiger partial charge is 0.394 e. The molecule has 0 bridgehead atoms. The molecule has 0 fully saturated rings. The Hall–Kier alpha value is -1.80. The topological polar surface area (TPSA) is 32.3 Å². The van der Waals surface area contributed by atoms with E-state index in [-0.39, 0.29) is 6.61 Å². The van der Waals surface area contributed by atoms with Gasteiger partial charge in [0, 0.05) is 5.69 Å². The van der Waals surface area contributed by atoms with Crippen LogP contribution in [0.4, 0.5) is 5.69 Å². The van der Waals surface area contributed by atoms with E-state index in [4.69, 9.17) is 0 Å². The highest BCUT2D eigenvalue weighted by molar-refractivity contribution is 5.49. The van der Waals surface area contributed by atoms with Gasteiger partial charge in [0.2, 0.25) is 0 Å². The SMILES string of the molecule is CCC(CO)(Nc1ccc(C)cc1)c1ccccc1. The highest BCUT2D eigenvalue weighted by Gasteiger charge is 2.29. The first kappa shape index (κ1) is 13.6. The summed E-state index contributed by atoms with van der Waals surface area (Å²) in [5.74, 6) is 0. The van der Waals surface area contributed by atoms with Crippen LogP contribution in [0.3, 0.4) is 0 Å². The van der Waals surface area contributed by atoms with Crippen molar-refractivity contribution in [1.29, 1.82) is 0 Å². The van der Waals surface area contributed by atoms with Gasteiger partial charge in [-0.1, -0.05) is 55.0 Å². The van der Waals surface area contributed by atoms with Gasteiger partial charge in [-0.2, -0.15) is 0 Å². The Morgan fingerprint density at radius 3 is 2.16 bits per heavy atom. The van der Waals surface area contributed by atoms with Crippen molar-refractivity contribution in [1.82, 2.24) is 0 Å². The summed E-state index contributed by atoms with van der Waals surface area (Å²) in [5, 5.41) is 13.4. The van der Waals surface area contributed by atoms with Gasteiger partial charge in [-0.3, -0.25) is 0 Å². The highest BCUT2D eigenvalue weighted by atomic mass is 16.3. The smallest absolute Gasteiger partial charge is 0.0854 e. The third-order valence-corrected chi connectivity index (χ3v) is 3.64. The van der Waals surface area contributed by atoms with Crippen LogP contribution >= 0.6 is 0 Å². The molecular formula is C17H21NO. The molecule has 2 N–H and O–H groups in total. The average molecular weight is 255 g/mol. The monoisotopic (exact) mass is 255 g/mol. The Labute approximate surface area is 115 Å². The molecule has 0 aliphatic carbocycles. The molecule has 0 aliphatic rings. The molecule has 0 saturated heterocycles. The number of rotatable bonds is 5. The Kier molecular flexibility index (Phi) is 4.23. The summed E-state index contributed by atoms with van der Waals surface area (Å²) in [7, 11) is 0. The number of aliphatic hydroxyl groups excluding tert-OH is 1. The minimum Gasteiger partial charge on any atom is -0.394 e. The van der Waals surface area contributed by atoms with Gasteiger partial charge in [0.1, 0.15) is 0 Å². The summed E-state index contributed by atoms with van der Waals surface area (Å²) in [6, 6.07) is 18.4. The maximum atomic E-state index is 9.88. The molecule has 0 aromatic heterocycles. The highest BCUT2D eigenvalue weighted by Crippen LogP contribution is 2.29. The van der Waals surface area contributed by atoms with Crippen molar-refractivity contribution in [3.05, 3.63) is 65.7 Å². The van der Waals surface area contributed by atoms with Crippen LogP contribution in [0.25, 0.3) is 0 Å². The lowest BCUT2D eigenvalue weighted by molar-refractivity contribution is 0.207. The summed E-state index contributed by atoms with van der Waals surface area (Å²) in [6.45, 7) is 4.23. The van der Waals surface area contributed by atoms with Crippen LogP contribution in [0.1, 0.15) is 24.5 Å². The van der Waals surface area contributed by atoms with Crippen LogP contribution < -0.4 is 5.32 Å². The van der Waals surface area contributed by atoms with Crippen molar-refractivity contribution in [2.75, 3.05) is 11.9 Å². The predicted octanol–water partition coefficient (Wildman–Crippen LogP) is 3.70. The molecule has 2 heteroatoms. The lowest BCUT2D eigenvalue weighted by atomic mass is 9.87. The number of aryl methyl sites for hydroxylation is 1. The van der Waals surface area contributed by atoms with Crippen LogP contribution in [0.2, 0.25) is 0 Å². The standard InChI is InChI=1S/C17H21NO/c1-3-17(13-19,15-7-5-4-6-8-15)18-16-11-9-14(2)10-12-16/h4-12,18-19H,3,13H2,1-2H3. The van der Waals surface area contributed by atoms with Crippen LogP contribution in [0, 0.1) is 6.92 Å². The quantitative estimate of drug-likeness (QED) is 0.853. The maximum Gasteiger partial charge on any atom is 0.0854 e. The van der Waals surface area contributed by atoms with Gasteiger partial charge in [0.05, 0.1) is 12.1 Å². The van der Waals surface area contributed by atoms with Gasteiger partial charge < -0.3 is 10.4 Å². The molecule has 0 aliphatic heterocycles. The number of benzene rings is 2. The molecule has 0 spiro atoms. The molecule has 2 aromatic carbocycles. The molecule has 2 aromatic rings. The first-order chi connectivity index (χ1) is 9.20. The summed E-state index contributed by atoms with van der Waals surface area (Å²) in [5.41, 5.74) is 2.96. The predicted molar refractivity (Wildman–Crippen MR) is 80.3 cm³/mol. The molecule has 19 heavy (non-hydrogen) atoms. The summed E-state index contributed by atoms with van der Waals surface area (Å²) >= 11 is 0. The first-order valence-electron chi connectivity index (χ1n) is 6.71. The molecule has 1 unspecified atom stereocenters. The summed E-state index contributed by atoms with van der Waals surface area (Å²) < 4.78 is 0. The van der Waals surface area contributed by atoms with Crippen molar-refractivity contribution < 1.29 is 5.11 Å². The summed E-state index contributed by atoms with van der Waals surface area (Å²) in [4.78, 5) is 0. The van der Waals surface area contributed by atoms with Crippen LogP contribution in [0.5, 0.6) is 0 Å². The van der Waals surface area contributed by atoms with Gasteiger partial charge >= 0.3 is 0 Å². The van der Waals surface area contributed by atoms with E-state index in [1.165, 1.54) is 5.56 Å². The van der Waals surface area contributed by atoms with E-state index in [9.17, 15) is 5.11 Å². The van der Waals surface area contributed by atoms with Gasteiger partial charge in [0.15, 0.2) is 0 Å². The zero-order chi connectivity index (χ0) is 13.7. The zero-order valence-electron chi connectivity index (χ0n) is 11.6. The molecule has 1 atom stereocenters. The zero-order valence-corrected chi connectivity index (χ0v) is 11.6. The van der Waals surface area contributed by atoms with E-state index in [2.05, 4.69) is 55.6 Å². The van der Waals surface area contributed by atoms with Gasteiger partial charge in [-0.05, 0) is 31.0 Å². The maximum absolute atomic E-state index is 9.88. The third kappa shape index (κ3) is 2.96. The van der Waals surface area contributed by atoms with Crippen molar-refractivity contribution >= 4 is 5.69 Å². The molecule has 0 heterocycles. The van der Waals surface area contributed by atoms with Gasteiger partial charge in [0.25, 0.3) is 0 Å². The molecule has 0 radical (unpaired) electrons. The number of hydrogen-bond donors (Lipinski definition) is 2. The second-order valence-electron chi connectivity index (χ2n) is 4.95. The molecular weight excluding hydrogens is 234 g/mol. The van der Waals surface area contributed by atoms with Gasteiger partial charge in [-0.15, -0.1) is 0 Å². The number of aliphatic hydroxyl groups is 1. The summed E-state index contributed by atoms with van der Waals surface area (Å²) in [6.07, 6.45) is 0.821. The van der Waals surface area contributed by atoms with E-state index >= 15 is 0 Å². The number of nitrogens with one attached hydrogen (secondary N) is 1. The minimum absolute atomic E-state index is 0.0708. The Morgan fingerprint density at radius 1 is 1.00 bits per heavy atom. The van der Waals surface area contributed by atoms with E-state index < -0.39 is 5.54 Å². The van der Waals surface area contributed by atoms with Crippen molar-refractivity contribution in [3.8, 4) is 0 Å². The van der Waals surface area contributed by atoms with Crippen molar-refractivity contribution in [2.24, 2.45) is 0 Å². The Bertz CT molecular complexity index is 501. The van der Waals surface area contributed by atoms with Gasteiger partial charge in [-0.25, -0.2) is 0 Å². The molecule has 2 nitrogen and oxygen atoms in total. The fourth-order valence-electron chi connectivity index (χ4n) is 2.28. The lowest BCUT2D eigenvalue weighted by Crippen LogP contribution is -2.38. The Morgan fingerprint density at radius 2 is 1.63 bits per heavy atom. The molecule has 2 rings (SSSR count). The van der Waals surface area contributed by atoms with Crippen LogP contribution in [-0.4, -0.2) is 11.7 Å². The lowest BCUT2D eigenvalue weighted by Gasteiger charge is -2.33. The Balaban J connectivity index is 2.32. The first-order valence-corrected chi connectivity index (χ1v) is 6.71. The second-order valence-corrected chi connectivity index (χ2v) is 4.95. The number of anilines is 1. The average Bonchev–Trinajstić information content (AvgIpc) is 2.48. The third-order valence-electron chi connectivity index (χ3n) is 3.64. The normalized spacial score (nSPS) is 13.8. The number of hydrogen-bond acceptors (Lipinski definition) is 2. The minimum atomic E-state index is -0.420. The van der Waals surface area contributed by atoms with E-state index in [1.54, 1.807) is 0 Å². The second kappa shape index (κ2) is 5.89.